The van der Waals surface area contributed by atoms with Crippen molar-refractivity contribution in [3.8, 4) is 6.07 Å². The van der Waals surface area contributed by atoms with Crippen LogP contribution in [-0.2, 0) is 0 Å². The van der Waals surface area contributed by atoms with Crippen LogP contribution in [-0.4, -0.2) is 5.11 Å². The molecule has 0 heterocycles. The highest BCUT2D eigenvalue weighted by molar-refractivity contribution is 5.20. The van der Waals surface area contributed by atoms with Crippen molar-refractivity contribution in [1.82, 2.24) is 0 Å². The van der Waals surface area contributed by atoms with E-state index in [9.17, 15) is 13.9 Å². The summed E-state index contributed by atoms with van der Waals surface area (Å²) in [4.78, 5) is 0. The van der Waals surface area contributed by atoms with E-state index in [2.05, 4.69) is 0 Å². The summed E-state index contributed by atoms with van der Waals surface area (Å²) in [7, 11) is 0. The first-order valence-corrected chi connectivity index (χ1v) is 3.65. The van der Waals surface area contributed by atoms with E-state index in [4.69, 9.17) is 5.26 Å². The maximum Gasteiger partial charge on any atom is 0.159 e. The molecule has 0 aromatic heterocycles. The van der Waals surface area contributed by atoms with Gasteiger partial charge in [0.1, 0.15) is 0 Å². The van der Waals surface area contributed by atoms with Crippen molar-refractivity contribution in [2.45, 2.75) is 12.5 Å². The van der Waals surface area contributed by atoms with Crippen LogP contribution in [0.1, 0.15) is 18.1 Å². The van der Waals surface area contributed by atoms with Gasteiger partial charge in [-0.1, -0.05) is 6.07 Å². The van der Waals surface area contributed by atoms with E-state index in [0.29, 0.717) is 0 Å². The fourth-order valence-electron chi connectivity index (χ4n) is 0.924. The number of aliphatic hydroxyl groups is 1. The molecule has 1 atom stereocenters. The smallest absolute Gasteiger partial charge is 0.159 e. The summed E-state index contributed by atoms with van der Waals surface area (Å²) in [5.41, 5.74) is 0.209. The highest BCUT2D eigenvalue weighted by atomic mass is 19.2. The summed E-state index contributed by atoms with van der Waals surface area (Å²) in [5, 5.41) is 17.5. The van der Waals surface area contributed by atoms with E-state index in [1.165, 1.54) is 6.07 Å². The first-order valence-electron chi connectivity index (χ1n) is 3.65. The SMILES string of the molecule is N#CC[C@H](O)c1ccc(F)c(F)c1. The van der Waals surface area contributed by atoms with Crippen LogP contribution in [0.3, 0.4) is 0 Å². The third-order valence-electron chi connectivity index (χ3n) is 1.61. The highest BCUT2D eigenvalue weighted by Gasteiger charge is 2.09. The lowest BCUT2D eigenvalue weighted by atomic mass is 10.1. The predicted octanol–water partition coefficient (Wildman–Crippen LogP) is 1.91. The molecular weight excluding hydrogens is 176 g/mol. The molecule has 0 fully saturated rings. The molecule has 0 bridgehead atoms. The van der Waals surface area contributed by atoms with Gasteiger partial charge in [0.2, 0.25) is 0 Å². The van der Waals surface area contributed by atoms with Gasteiger partial charge in [0, 0.05) is 0 Å². The Balaban J connectivity index is 2.91. The van der Waals surface area contributed by atoms with Gasteiger partial charge in [0.25, 0.3) is 0 Å². The molecule has 1 aromatic rings. The van der Waals surface area contributed by atoms with E-state index < -0.39 is 17.7 Å². The fourth-order valence-corrected chi connectivity index (χ4v) is 0.924. The molecule has 1 aromatic carbocycles. The van der Waals surface area contributed by atoms with Crippen LogP contribution < -0.4 is 0 Å². The van der Waals surface area contributed by atoms with Gasteiger partial charge in [-0.15, -0.1) is 0 Å². The number of hydrogen-bond acceptors (Lipinski definition) is 2. The van der Waals surface area contributed by atoms with Gasteiger partial charge in [-0.25, -0.2) is 8.78 Å². The summed E-state index contributed by atoms with van der Waals surface area (Å²) in [6.07, 6.45) is -1.19. The second-order valence-electron chi connectivity index (χ2n) is 2.55. The van der Waals surface area contributed by atoms with Crippen molar-refractivity contribution in [2.75, 3.05) is 0 Å². The van der Waals surface area contributed by atoms with E-state index in [0.717, 1.165) is 12.1 Å². The summed E-state index contributed by atoms with van der Waals surface area (Å²) in [6, 6.07) is 4.79. The largest absolute Gasteiger partial charge is 0.387 e. The molecule has 1 N–H and O–H groups in total. The molecule has 1 rings (SSSR count). The second-order valence-corrected chi connectivity index (χ2v) is 2.55. The normalized spacial score (nSPS) is 12.2. The van der Waals surface area contributed by atoms with Gasteiger partial charge in [-0.2, -0.15) is 5.26 Å². The summed E-state index contributed by atoms with van der Waals surface area (Å²) in [5.74, 6) is -1.98. The predicted molar refractivity (Wildman–Crippen MR) is 41.5 cm³/mol. The number of benzene rings is 1. The molecule has 0 radical (unpaired) electrons. The molecule has 0 unspecified atom stereocenters. The molecule has 0 saturated heterocycles. The summed E-state index contributed by atoms with van der Waals surface area (Å²) < 4.78 is 25.0. The Bertz CT molecular complexity index is 346. The zero-order valence-electron chi connectivity index (χ0n) is 6.67. The van der Waals surface area contributed by atoms with E-state index in [-0.39, 0.29) is 12.0 Å². The Kier molecular flexibility index (Phi) is 2.93. The van der Waals surface area contributed by atoms with Crippen LogP contribution in [0.4, 0.5) is 8.78 Å². The molecule has 0 spiro atoms. The molecule has 0 aliphatic carbocycles. The molecule has 68 valence electrons. The Morgan fingerprint density at radius 3 is 2.62 bits per heavy atom. The first kappa shape index (κ1) is 9.62. The minimum absolute atomic E-state index is 0.134. The van der Waals surface area contributed by atoms with Crippen LogP contribution >= 0.6 is 0 Å². The van der Waals surface area contributed by atoms with Gasteiger partial charge < -0.3 is 5.11 Å². The number of hydrogen-bond donors (Lipinski definition) is 1. The average molecular weight is 183 g/mol. The molecular formula is C9H7F2NO. The van der Waals surface area contributed by atoms with E-state index in [1.54, 1.807) is 6.07 Å². The molecule has 13 heavy (non-hydrogen) atoms. The van der Waals surface area contributed by atoms with Crippen molar-refractivity contribution in [3.05, 3.63) is 35.4 Å². The van der Waals surface area contributed by atoms with Gasteiger partial charge >= 0.3 is 0 Å². The summed E-state index contributed by atoms with van der Waals surface area (Å²) >= 11 is 0. The maximum absolute atomic E-state index is 12.6. The topological polar surface area (TPSA) is 44.0 Å². The van der Waals surface area contributed by atoms with Crippen LogP contribution in [0.2, 0.25) is 0 Å². The Hall–Kier alpha value is -1.47. The van der Waals surface area contributed by atoms with Crippen LogP contribution in [0.15, 0.2) is 18.2 Å². The minimum Gasteiger partial charge on any atom is -0.387 e. The van der Waals surface area contributed by atoms with Gasteiger partial charge in [0.15, 0.2) is 11.6 Å². The Morgan fingerprint density at radius 2 is 2.08 bits per heavy atom. The lowest BCUT2D eigenvalue weighted by Crippen LogP contribution is -1.97. The molecule has 4 heteroatoms. The lowest BCUT2D eigenvalue weighted by molar-refractivity contribution is 0.183. The van der Waals surface area contributed by atoms with Gasteiger partial charge in [-0.05, 0) is 17.7 Å². The van der Waals surface area contributed by atoms with Crippen molar-refractivity contribution >= 4 is 0 Å². The minimum atomic E-state index is -1.06. The van der Waals surface area contributed by atoms with Crippen molar-refractivity contribution in [2.24, 2.45) is 0 Å². The van der Waals surface area contributed by atoms with Crippen LogP contribution in [0.5, 0.6) is 0 Å². The van der Waals surface area contributed by atoms with E-state index in [1.807, 2.05) is 0 Å². The zero-order valence-corrected chi connectivity index (χ0v) is 6.67. The third-order valence-corrected chi connectivity index (χ3v) is 1.61. The molecule has 0 amide bonds. The second kappa shape index (κ2) is 3.97. The zero-order chi connectivity index (χ0) is 9.84. The highest BCUT2D eigenvalue weighted by Crippen LogP contribution is 2.18. The van der Waals surface area contributed by atoms with Gasteiger partial charge in [0.05, 0.1) is 18.6 Å². The third kappa shape index (κ3) is 2.23. The monoisotopic (exact) mass is 183 g/mol. The molecule has 0 aliphatic heterocycles. The molecule has 2 nitrogen and oxygen atoms in total. The molecule has 0 saturated carbocycles. The average Bonchev–Trinajstić information content (AvgIpc) is 2.10. The van der Waals surface area contributed by atoms with Crippen molar-refractivity contribution in [1.29, 1.82) is 5.26 Å². The first-order chi connectivity index (χ1) is 6.15. The summed E-state index contributed by atoms with van der Waals surface area (Å²) in [6.45, 7) is 0. The quantitative estimate of drug-likeness (QED) is 0.761. The standard InChI is InChI=1S/C9H7F2NO/c10-7-2-1-6(5-8(7)11)9(13)3-4-12/h1-2,5,9,13H,3H2/t9-/m0/s1. The lowest BCUT2D eigenvalue weighted by Gasteiger charge is -2.06. The maximum atomic E-state index is 12.6. The number of rotatable bonds is 2. The number of halogens is 2. The number of nitriles is 1. The van der Waals surface area contributed by atoms with E-state index >= 15 is 0 Å². The molecule has 0 aliphatic rings. The number of nitrogens with zero attached hydrogens (tertiary/aromatic N) is 1. The van der Waals surface area contributed by atoms with Gasteiger partial charge in [-0.3, -0.25) is 0 Å². The Labute approximate surface area is 74.0 Å². The van der Waals surface area contributed by atoms with Crippen molar-refractivity contribution in [3.63, 3.8) is 0 Å². The van der Waals surface area contributed by atoms with Crippen molar-refractivity contribution < 1.29 is 13.9 Å². The number of aliphatic hydroxyl groups excluding tert-OH is 1. The fraction of sp³-hybridized carbons (Fsp3) is 0.222. The van der Waals surface area contributed by atoms with Crippen LogP contribution in [0, 0.1) is 23.0 Å². The van der Waals surface area contributed by atoms with Crippen LogP contribution in [0.25, 0.3) is 0 Å². The Morgan fingerprint density at radius 1 is 1.38 bits per heavy atom.